The molecule has 0 aliphatic carbocycles. The number of amides is 4. The Morgan fingerprint density at radius 2 is 1.52 bits per heavy atom. The summed E-state index contributed by atoms with van der Waals surface area (Å²) in [6.07, 6.45) is 0. The summed E-state index contributed by atoms with van der Waals surface area (Å²) >= 11 is 0. The summed E-state index contributed by atoms with van der Waals surface area (Å²) < 4.78 is 0. The molecule has 3 aromatic carbocycles. The number of benzene rings is 3. The van der Waals surface area contributed by atoms with Crippen molar-refractivity contribution in [3.05, 3.63) is 90.0 Å². The van der Waals surface area contributed by atoms with Crippen LogP contribution in [0.3, 0.4) is 0 Å². The van der Waals surface area contributed by atoms with E-state index in [1.165, 1.54) is 9.80 Å². The highest BCUT2D eigenvalue weighted by molar-refractivity contribution is 6.05. The molecule has 0 aromatic heterocycles. The number of nitrogens with one attached hydrogen (secondary N) is 2. The smallest absolute Gasteiger partial charge is 0.319 e. The summed E-state index contributed by atoms with van der Waals surface area (Å²) in [6, 6.07) is 23.4. The van der Waals surface area contributed by atoms with E-state index < -0.39 is 11.9 Å². The van der Waals surface area contributed by atoms with Crippen molar-refractivity contribution in [1.29, 1.82) is 0 Å². The maximum absolute atomic E-state index is 13.1. The van der Waals surface area contributed by atoms with Gasteiger partial charge in [-0.2, -0.15) is 0 Å². The van der Waals surface area contributed by atoms with E-state index in [1.54, 1.807) is 19.2 Å². The van der Waals surface area contributed by atoms with Gasteiger partial charge in [0.15, 0.2) is 0 Å². The van der Waals surface area contributed by atoms with Gasteiger partial charge in [-0.3, -0.25) is 9.59 Å². The van der Waals surface area contributed by atoms with E-state index in [1.807, 2.05) is 80.6 Å². The molecule has 0 radical (unpaired) electrons. The van der Waals surface area contributed by atoms with Crippen LogP contribution in [0.2, 0.25) is 0 Å². The second-order valence-electron chi connectivity index (χ2n) is 7.73. The minimum atomic E-state index is -0.494. The lowest BCUT2D eigenvalue weighted by Crippen LogP contribution is -2.46. The number of anilines is 3. The van der Waals surface area contributed by atoms with Gasteiger partial charge >= 0.3 is 6.03 Å². The Bertz CT molecular complexity index is 1130. The first kappa shape index (κ1) is 23.5. The Morgan fingerprint density at radius 3 is 2.21 bits per heavy atom. The Morgan fingerprint density at radius 1 is 0.818 bits per heavy atom. The van der Waals surface area contributed by atoms with Crippen molar-refractivity contribution in [3.63, 3.8) is 0 Å². The first-order valence-electron chi connectivity index (χ1n) is 10.6. The lowest BCUT2D eigenvalue weighted by molar-refractivity contribution is -0.121. The van der Waals surface area contributed by atoms with Crippen LogP contribution in [-0.4, -0.2) is 38.0 Å². The molecule has 7 heteroatoms. The predicted octanol–water partition coefficient (Wildman–Crippen LogP) is 4.12. The van der Waals surface area contributed by atoms with Crippen LogP contribution in [0.25, 0.3) is 0 Å². The molecule has 3 aromatic rings. The minimum Gasteiger partial charge on any atom is -0.329 e. The summed E-state index contributed by atoms with van der Waals surface area (Å²) in [5.74, 6) is -0.638. The normalized spacial score (nSPS) is 10.3. The number of likely N-dealkylation sites (N-methyl/N-ethyl adjacent to an activating group) is 1. The lowest BCUT2D eigenvalue weighted by atomic mass is 10.1. The second kappa shape index (κ2) is 10.9. The largest absolute Gasteiger partial charge is 0.329 e. The van der Waals surface area contributed by atoms with E-state index in [0.717, 1.165) is 16.8 Å². The van der Waals surface area contributed by atoms with Crippen LogP contribution in [0.5, 0.6) is 0 Å². The van der Waals surface area contributed by atoms with E-state index in [2.05, 4.69) is 10.6 Å². The van der Waals surface area contributed by atoms with Gasteiger partial charge in [0.05, 0.1) is 6.54 Å². The van der Waals surface area contributed by atoms with Gasteiger partial charge in [0.1, 0.15) is 6.54 Å². The first-order valence-corrected chi connectivity index (χ1v) is 10.6. The number of hydrogen-bond acceptors (Lipinski definition) is 3. The van der Waals surface area contributed by atoms with Crippen LogP contribution in [0.15, 0.2) is 78.9 Å². The van der Waals surface area contributed by atoms with Gasteiger partial charge in [-0.25, -0.2) is 4.79 Å². The highest BCUT2D eigenvalue weighted by Crippen LogP contribution is 2.20. The standard InChI is InChI=1S/C26H28N4O3/c1-19-10-9-12-21(16-19)28-26(33)27-17-24(31)30(23-15-8-7-11-20(23)2)18-25(32)29(3)22-13-5-4-6-14-22/h4-16H,17-18H2,1-3H3,(H2,27,28,33). The molecule has 0 bridgehead atoms. The van der Waals surface area contributed by atoms with Gasteiger partial charge in [0.2, 0.25) is 11.8 Å². The zero-order chi connectivity index (χ0) is 23.8. The highest BCUT2D eigenvalue weighted by atomic mass is 16.2. The van der Waals surface area contributed by atoms with E-state index >= 15 is 0 Å². The van der Waals surface area contributed by atoms with Crippen LogP contribution in [-0.2, 0) is 9.59 Å². The molecule has 0 saturated heterocycles. The summed E-state index contributed by atoms with van der Waals surface area (Å²) in [7, 11) is 1.67. The van der Waals surface area contributed by atoms with Gasteiger partial charge < -0.3 is 20.4 Å². The fraction of sp³-hybridized carbons (Fsp3) is 0.192. The van der Waals surface area contributed by atoms with Gasteiger partial charge in [-0.05, 0) is 55.3 Å². The van der Waals surface area contributed by atoms with Crippen LogP contribution >= 0.6 is 0 Å². The third-order valence-corrected chi connectivity index (χ3v) is 5.19. The number of hydrogen-bond donors (Lipinski definition) is 2. The third kappa shape index (κ3) is 6.43. The molecule has 0 unspecified atom stereocenters. The molecule has 2 N–H and O–H groups in total. The van der Waals surface area contributed by atoms with Crippen molar-refractivity contribution < 1.29 is 14.4 Å². The molecule has 0 fully saturated rings. The van der Waals surface area contributed by atoms with Gasteiger partial charge in [-0.1, -0.05) is 48.5 Å². The fourth-order valence-corrected chi connectivity index (χ4v) is 3.36. The van der Waals surface area contributed by atoms with Crippen LogP contribution in [0, 0.1) is 13.8 Å². The van der Waals surface area contributed by atoms with E-state index in [4.69, 9.17) is 0 Å². The first-order chi connectivity index (χ1) is 15.8. The highest BCUT2D eigenvalue weighted by Gasteiger charge is 2.23. The fourth-order valence-electron chi connectivity index (χ4n) is 3.36. The number of para-hydroxylation sites is 2. The summed E-state index contributed by atoms with van der Waals surface area (Å²) in [4.78, 5) is 41.3. The Balaban J connectivity index is 1.71. The molecule has 170 valence electrons. The van der Waals surface area contributed by atoms with Crippen LogP contribution < -0.4 is 20.4 Å². The third-order valence-electron chi connectivity index (χ3n) is 5.19. The van der Waals surface area contributed by atoms with Crippen molar-refractivity contribution in [2.45, 2.75) is 13.8 Å². The van der Waals surface area contributed by atoms with E-state index in [-0.39, 0.29) is 19.0 Å². The SMILES string of the molecule is Cc1cccc(NC(=O)NCC(=O)N(CC(=O)N(C)c2ccccc2)c2ccccc2C)c1. The van der Waals surface area contributed by atoms with Crippen molar-refractivity contribution in [2.24, 2.45) is 0 Å². The number of aryl methyl sites for hydroxylation is 2. The molecule has 0 saturated carbocycles. The Labute approximate surface area is 194 Å². The van der Waals surface area contributed by atoms with Crippen molar-refractivity contribution in [1.82, 2.24) is 5.32 Å². The van der Waals surface area contributed by atoms with Crippen LogP contribution in [0.4, 0.5) is 21.9 Å². The second-order valence-corrected chi connectivity index (χ2v) is 7.73. The van der Waals surface area contributed by atoms with Crippen molar-refractivity contribution >= 4 is 34.9 Å². The van der Waals surface area contributed by atoms with Gasteiger partial charge in [0.25, 0.3) is 0 Å². The zero-order valence-corrected chi connectivity index (χ0v) is 19.0. The monoisotopic (exact) mass is 444 g/mol. The summed E-state index contributed by atoms with van der Waals surface area (Å²) in [6.45, 7) is 3.39. The number of urea groups is 1. The molecule has 0 aliphatic heterocycles. The van der Waals surface area contributed by atoms with Crippen molar-refractivity contribution in [3.8, 4) is 0 Å². The van der Waals surface area contributed by atoms with Crippen molar-refractivity contribution in [2.75, 3.05) is 35.3 Å². The quantitative estimate of drug-likeness (QED) is 0.575. The Kier molecular flexibility index (Phi) is 7.81. The average Bonchev–Trinajstić information content (AvgIpc) is 2.81. The molecule has 3 rings (SSSR count). The molecule has 0 aliphatic rings. The van der Waals surface area contributed by atoms with Gasteiger partial charge in [0, 0.05) is 24.1 Å². The maximum Gasteiger partial charge on any atom is 0.319 e. The maximum atomic E-state index is 13.1. The molecular weight excluding hydrogens is 416 g/mol. The number of nitrogens with zero attached hydrogens (tertiary/aromatic N) is 2. The van der Waals surface area contributed by atoms with Gasteiger partial charge in [-0.15, -0.1) is 0 Å². The average molecular weight is 445 g/mol. The topological polar surface area (TPSA) is 81.8 Å². The number of carbonyl (C=O) groups is 3. The predicted molar refractivity (Wildman–Crippen MR) is 132 cm³/mol. The minimum absolute atomic E-state index is 0.156. The molecule has 33 heavy (non-hydrogen) atoms. The number of carbonyl (C=O) groups excluding carboxylic acids is 3. The number of rotatable bonds is 7. The summed E-state index contributed by atoms with van der Waals surface area (Å²) in [5.41, 5.74) is 3.85. The Hall–Kier alpha value is -4.13. The molecule has 0 atom stereocenters. The van der Waals surface area contributed by atoms with E-state index in [9.17, 15) is 14.4 Å². The summed E-state index contributed by atoms with van der Waals surface area (Å²) in [5, 5.41) is 5.30. The van der Waals surface area contributed by atoms with E-state index in [0.29, 0.717) is 11.4 Å². The lowest BCUT2D eigenvalue weighted by Gasteiger charge is -2.27. The molecule has 7 nitrogen and oxygen atoms in total. The molecule has 0 spiro atoms. The van der Waals surface area contributed by atoms with Crippen LogP contribution in [0.1, 0.15) is 11.1 Å². The molecule has 0 heterocycles. The molecular formula is C26H28N4O3. The zero-order valence-electron chi connectivity index (χ0n) is 19.0. The molecule has 4 amide bonds.